The van der Waals surface area contributed by atoms with Gasteiger partial charge >= 0.3 is 0 Å². The van der Waals surface area contributed by atoms with Crippen molar-refractivity contribution in [1.29, 1.82) is 0 Å². The van der Waals surface area contributed by atoms with Gasteiger partial charge in [0.25, 0.3) is 0 Å². The molecule has 2 rings (SSSR count). The first-order chi connectivity index (χ1) is 12.3. The Morgan fingerprint density at radius 2 is 1.96 bits per heavy atom. The standard InChI is InChI=1S/C19H30N2O4S/c1-4-17-7-5-6-13-21(17)19(22)12-14-20(26(3,23)24)15-16-8-10-18(25-2)11-9-16/h8-11,17H,4-7,12-15H2,1-3H3. The van der Waals surface area contributed by atoms with Crippen LogP contribution in [0, 0.1) is 0 Å². The van der Waals surface area contributed by atoms with Gasteiger partial charge < -0.3 is 9.64 Å². The number of likely N-dealkylation sites (tertiary alicyclic amines) is 1. The second kappa shape index (κ2) is 9.37. The van der Waals surface area contributed by atoms with Crippen molar-refractivity contribution in [1.82, 2.24) is 9.21 Å². The fraction of sp³-hybridized carbons (Fsp3) is 0.632. The summed E-state index contributed by atoms with van der Waals surface area (Å²) in [7, 11) is -1.80. The molecule has 0 aliphatic carbocycles. The molecule has 1 unspecified atom stereocenters. The Kier molecular flexibility index (Phi) is 7.46. The van der Waals surface area contributed by atoms with Gasteiger partial charge in [0.15, 0.2) is 0 Å². The molecule has 0 bridgehead atoms. The third-order valence-electron chi connectivity index (χ3n) is 4.98. The summed E-state index contributed by atoms with van der Waals surface area (Å²) in [6.07, 6.45) is 5.60. The summed E-state index contributed by atoms with van der Waals surface area (Å²) in [4.78, 5) is 14.6. The van der Waals surface area contributed by atoms with Crippen LogP contribution in [0.5, 0.6) is 5.75 Å². The van der Waals surface area contributed by atoms with Crippen molar-refractivity contribution in [3.8, 4) is 5.75 Å². The first-order valence-electron chi connectivity index (χ1n) is 9.22. The number of hydrogen-bond donors (Lipinski definition) is 0. The van der Waals surface area contributed by atoms with Crippen LogP contribution >= 0.6 is 0 Å². The summed E-state index contributed by atoms with van der Waals surface area (Å²) in [6, 6.07) is 7.60. The van der Waals surface area contributed by atoms with E-state index in [1.807, 2.05) is 17.0 Å². The minimum atomic E-state index is -3.39. The summed E-state index contributed by atoms with van der Waals surface area (Å²) >= 11 is 0. The van der Waals surface area contributed by atoms with Crippen LogP contribution in [0.1, 0.15) is 44.6 Å². The van der Waals surface area contributed by atoms with E-state index < -0.39 is 10.0 Å². The van der Waals surface area contributed by atoms with Gasteiger partial charge in [0.1, 0.15) is 5.75 Å². The highest BCUT2D eigenvalue weighted by Crippen LogP contribution is 2.21. The molecule has 1 aromatic rings. The van der Waals surface area contributed by atoms with E-state index in [4.69, 9.17) is 4.74 Å². The molecule has 1 fully saturated rings. The Morgan fingerprint density at radius 1 is 1.27 bits per heavy atom. The highest BCUT2D eigenvalue weighted by atomic mass is 32.2. The van der Waals surface area contributed by atoms with Crippen LogP contribution in [0.3, 0.4) is 0 Å². The maximum Gasteiger partial charge on any atom is 0.224 e. The first-order valence-corrected chi connectivity index (χ1v) is 11.1. The normalized spacial score (nSPS) is 18.2. The van der Waals surface area contributed by atoms with Crippen LogP contribution in [0.4, 0.5) is 0 Å². The molecular weight excluding hydrogens is 352 g/mol. The highest BCUT2D eigenvalue weighted by Gasteiger charge is 2.26. The maximum atomic E-state index is 12.6. The van der Waals surface area contributed by atoms with Gasteiger partial charge in [-0.05, 0) is 43.4 Å². The number of piperidine rings is 1. The number of amides is 1. The smallest absolute Gasteiger partial charge is 0.224 e. The van der Waals surface area contributed by atoms with E-state index in [2.05, 4.69) is 6.92 Å². The molecule has 6 nitrogen and oxygen atoms in total. The Bertz CT molecular complexity index is 688. The average molecular weight is 383 g/mol. The predicted molar refractivity (Wildman–Crippen MR) is 103 cm³/mol. The van der Waals surface area contributed by atoms with Crippen LogP contribution in [-0.2, 0) is 21.4 Å². The van der Waals surface area contributed by atoms with Crippen LogP contribution in [0.2, 0.25) is 0 Å². The summed E-state index contributed by atoms with van der Waals surface area (Å²) in [6.45, 7) is 3.35. The lowest BCUT2D eigenvalue weighted by molar-refractivity contribution is -0.135. The average Bonchev–Trinajstić information content (AvgIpc) is 2.64. The van der Waals surface area contributed by atoms with E-state index in [-0.39, 0.29) is 25.4 Å². The molecule has 0 spiro atoms. The third kappa shape index (κ3) is 5.71. The van der Waals surface area contributed by atoms with E-state index in [1.165, 1.54) is 10.6 Å². The predicted octanol–water partition coefficient (Wildman–Crippen LogP) is 2.64. The number of carbonyl (C=O) groups excluding carboxylic acids is 1. The topological polar surface area (TPSA) is 66.9 Å². The molecule has 1 amide bonds. The van der Waals surface area contributed by atoms with E-state index in [1.54, 1.807) is 19.2 Å². The van der Waals surface area contributed by atoms with Crippen LogP contribution in [0.25, 0.3) is 0 Å². The van der Waals surface area contributed by atoms with Crippen molar-refractivity contribution >= 4 is 15.9 Å². The zero-order valence-electron chi connectivity index (χ0n) is 16.0. The largest absolute Gasteiger partial charge is 0.497 e. The lowest BCUT2D eigenvalue weighted by atomic mass is 9.99. The molecule has 0 saturated carbocycles. The monoisotopic (exact) mass is 382 g/mol. The lowest BCUT2D eigenvalue weighted by Gasteiger charge is -2.35. The van der Waals surface area contributed by atoms with Crippen molar-refractivity contribution in [3.05, 3.63) is 29.8 Å². The fourth-order valence-electron chi connectivity index (χ4n) is 3.41. The number of ether oxygens (including phenoxy) is 1. The molecule has 1 aliphatic rings. The molecule has 146 valence electrons. The van der Waals surface area contributed by atoms with Crippen molar-refractivity contribution < 1.29 is 17.9 Å². The van der Waals surface area contributed by atoms with Crippen molar-refractivity contribution in [2.24, 2.45) is 0 Å². The number of carbonyl (C=O) groups is 1. The van der Waals surface area contributed by atoms with Crippen LogP contribution < -0.4 is 4.74 Å². The molecule has 1 heterocycles. The van der Waals surface area contributed by atoms with Gasteiger partial charge in [0.05, 0.1) is 13.4 Å². The fourth-order valence-corrected chi connectivity index (χ4v) is 4.22. The zero-order chi connectivity index (χ0) is 19.2. The van der Waals surface area contributed by atoms with Gasteiger partial charge in [-0.25, -0.2) is 8.42 Å². The molecule has 1 aliphatic heterocycles. The molecule has 0 radical (unpaired) electrons. The van der Waals surface area contributed by atoms with Crippen molar-refractivity contribution in [2.75, 3.05) is 26.5 Å². The second-order valence-corrected chi connectivity index (χ2v) is 8.82. The van der Waals surface area contributed by atoms with Gasteiger partial charge in [-0.1, -0.05) is 19.1 Å². The number of sulfonamides is 1. The molecule has 0 aromatic heterocycles. The Hall–Kier alpha value is -1.60. The first kappa shape index (κ1) is 20.7. The van der Waals surface area contributed by atoms with Gasteiger partial charge in [0.2, 0.25) is 15.9 Å². The lowest BCUT2D eigenvalue weighted by Crippen LogP contribution is -2.44. The van der Waals surface area contributed by atoms with E-state index in [0.29, 0.717) is 6.04 Å². The molecule has 1 saturated heterocycles. The van der Waals surface area contributed by atoms with Crippen LogP contribution in [-0.4, -0.2) is 56.0 Å². The zero-order valence-corrected chi connectivity index (χ0v) is 16.8. The van der Waals surface area contributed by atoms with E-state index in [0.717, 1.165) is 43.5 Å². The summed E-state index contributed by atoms with van der Waals surface area (Å²) in [5, 5.41) is 0. The van der Waals surface area contributed by atoms with E-state index >= 15 is 0 Å². The van der Waals surface area contributed by atoms with Crippen molar-refractivity contribution in [2.45, 2.75) is 51.6 Å². The van der Waals surface area contributed by atoms with Crippen molar-refractivity contribution in [3.63, 3.8) is 0 Å². The number of methoxy groups -OCH3 is 1. The Balaban J connectivity index is 2.00. The molecule has 7 heteroatoms. The quantitative estimate of drug-likeness (QED) is 0.693. The maximum absolute atomic E-state index is 12.6. The van der Waals surface area contributed by atoms with Gasteiger partial charge in [-0.3, -0.25) is 4.79 Å². The van der Waals surface area contributed by atoms with Crippen LogP contribution in [0.15, 0.2) is 24.3 Å². The SMILES string of the molecule is CCC1CCCCN1C(=O)CCN(Cc1ccc(OC)cc1)S(C)(=O)=O. The molecule has 1 atom stereocenters. The Morgan fingerprint density at radius 3 is 2.54 bits per heavy atom. The summed E-state index contributed by atoms with van der Waals surface area (Å²) in [5.74, 6) is 0.783. The summed E-state index contributed by atoms with van der Waals surface area (Å²) in [5.41, 5.74) is 0.869. The number of rotatable bonds is 8. The highest BCUT2D eigenvalue weighted by molar-refractivity contribution is 7.88. The molecular formula is C19H30N2O4S. The Labute approximate surface area is 157 Å². The minimum Gasteiger partial charge on any atom is -0.497 e. The van der Waals surface area contributed by atoms with Gasteiger partial charge in [-0.15, -0.1) is 0 Å². The third-order valence-corrected chi connectivity index (χ3v) is 6.23. The second-order valence-electron chi connectivity index (χ2n) is 6.84. The van der Waals surface area contributed by atoms with Gasteiger partial charge in [-0.2, -0.15) is 4.31 Å². The molecule has 1 aromatic carbocycles. The molecule has 26 heavy (non-hydrogen) atoms. The van der Waals surface area contributed by atoms with E-state index in [9.17, 15) is 13.2 Å². The molecule has 0 N–H and O–H groups in total. The number of benzene rings is 1. The summed E-state index contributed by atoms with van der Waals surface area (Å²) < 4.78 is 30.8. The minimum absolute atomic E-state index is 0.0555. The number of nitrogens with zero attached hydrogens (tertiary/aromatic N) is 2. The number of hydrogen-bond acceptors (Lipinski definition) is 4. The van der Waals surface area contributed by atoms with Gasteiger partial charge in [0, 0.05) is 32.1 Å².